The van der Waals surface area contributed by atoms with Gasteiger partial charge >= 0.3 is 25.7 Å². The van der Waals surface area contributed by atoms with E-state index in [4.69, 9.17) is 24.8 Å². The van der Waals surface area contributed by atoms with Crippen molar-refractivity contribution in [3.63, 3.8) is 0 Å². The van der Waals surface area contributed by atoms with Crippen LogP contribution in [0.4, 0.5) is 0 Å². The zero-order valence-electron chi connectivity index (χ0n) is 33.3. The van der Waals surface area contributed by atoms with Gasteiger partial charge in [-0.2, -0.15) is 0 Å². The van der Waals surface area contributed by atoms with Gasteiger partial charge in [-0.3, -0.25) is 23.4 Å². The minimum atomic E-state index is -4.73. The number of unbranched alkanes of at least 4 members (excludes halogenated alkanes) is 17. The molecule has 0 spiro atoms. The molecule has 0 saturated carbocycles. The van der Waals surface area contributed by atoms with Gasteiger partial charge in [-0.1, -0.05) is 177 Å². The maximum absolute atomic E-state index is 12.5. The van der Waals surface area contributed by atoms with Gasteiger partial charge in [0, 0.05) is 12.8 Å². The summed E-state index contributed by atoms with van der Waals surface area (Å²) in [5.74, 6) is -2.48. The van der Waals surface area contributed by atoms with E-state index in [1.807, 2.05) is 54.7 Å². The third kappa shape index (κ3) is 36.2. The standard InChI is InChI=1S/C42H72NO10P/c1-3-5-7-9-11-13-15-17-18-19-20-22-23-25-27-29-31-33-40(44)50-35-38(36-51-54(48,49)52-37-39(43)42(46)47)53-41(45)34-32-30-28-26-24-21-16-14-12-10-8-6-4-2/h6,8,10,12,14,16,21,24,26,28,38-39H,3-5,7,9,11,13,15,17-20,22-23,25,27,29-37,43H2,1-2H3,(H,46,47)(H,48,49)/b8-6+,12-10+,16-14+,24-21+,28-26+/t38?,39-/m0/s1. The number of phosphoric acid groups is 1. The maximum atomic E-state index is 12.5. The SMILES string of the molecule is CC/C=C/C=C/C=C/C=C/C=C/CCCC(=O)OC(COC(=O)CCCCCCCCCCCCCCCCCCC)COP(=O)(O)OC[C@H](N)C(=O)O. The Kier molecular flexibility index (Phi) is 35.2. The number of allylic oxidation sites excluding steroid dienone is 10. The monoisotopic (exact) mass is 781 g/mol. The number of carbonyl (C=O) groups is 3. The number of esters is 2. The van der Waals surface area contributed by atoms with Crippen molar-refractivity contribution < 1.29 is 47.5 Å². The molecule has 310 valence electrons. The van der Waals surface area contributed by atoms with Gasteiger partial charge < -0.3 is 25.2 Å². The predicted molar refractivity (Wildman–Crippen MR) is 217 cm³/mol. The van der Waals surface area contributed by atoms with Crippen LogP contribution < -0.4 is 5.73 Å². The van der Waals surface area contributed by atoms with E-state index in [0.717, 1.165) is 25.7 Å². The van der Waals surface area contributed by atoms with E-state index < -0.39 is 51.1 Å². The summed E-state index contributed by atoms with van der Waals surface area (Å²) in [5.41, 5.74) is 5.32. The molecule has 0 amide bonds. The third-order valence-corrected chi connectivity index (χ3v) is 9.36. The van der Waals surface area contributed by atoms with Crippen LogP contribution in [0.1, 0.15) is 155 Å². The van der Waals surface area contributed by atoms with Gasteiger partial charge in [0.05, 0.1) is 13.2 Å². The molecule has 0 saturated heterocycles. The molecule has 0 aromatic heterocycles. The van der Waals surface area contributed by atoms with E-state index in [9.17, 15) is 23.8 Å². The summed E-state index contributed by atoms with van der Waals surface area (Å²) in [6.45, 7) is 2.57. The summed E-state index contributed by atoms with van der Waals surface area (Å²) in [6, 6.07) is -1.53. The average Bonchev–Trinajstić information content (AvgIpc) is 3.14. The first-order valence-corrected chi connectivity index (χ1v) is 21.9. The molecule has 0 aliphatic carbocycles. The summed E-state index contributed by atoms with van der Waals surface area (Å²) < 4.78 is 32.5. The molecule has 54 heavy (non-hydrogen) atoms. The quantitative estimate of drug-likeness (QED) is 0.0237. The molecule has 3 atom stereocenters. The number of hydrogen-bond donors (Lipinski definition) is 3. The molecule has 0 heterocycles. The van der Waals surface area contributed by atoms with Gasteiger partial charge in [-0.05, 0) is 25.7 Å². The Morgan fingerprint density at radius 1 is 0.593 bits per heavy atom. The fourth-order valence-corrected chi connectivity index (χ4v) is 5.99. The summed E-state index contributed by atoms with van der Waals surface area (Å²) in [5, 5.41) is 8.87. The number of carboxylic acid groups (broad SMARTS) is 1. The lowest BCUT2D eigenvalue weighted by atomic mass is 10.0. The number of phosphoric ester groups is 1. The van der Waals surface area contributed by atoms with E-state index in [0.29, 0.717) is 19.3 Å². The van der Waals surface area contributed by atoms with Crippen LogP contribution in [0.2, 0.25) is 0 Å². The van der Waals surface area contributed by atoms with Crippen LogP contribution in [0.3, 0.4) is 0 Å². The number of aliphatic carboxylic acids is 1. The second-order valence-electron chi connectivity index (χ2n) is 13.5. The van der Waals surface area contributed by atoms with Crippen molar-refractivity contribution in [3.8, 4) is 0 Å². The molecule has 12 heteroatoms. The van der Waals surface area contributed by atoms with Crippen LogP contribution in [0, 0.1) is 0 Å². The summed E-state index contributed by atoms with van der Waals surface area (Å²) in [4.78, 5) is 45.8. The Labute approximate surface area is 326 Å². The van der Waals surface area contributed by atoms with Gasteiger partial charge in [-0.25, -0.2) is 4.57 Å². The minimum Gasteiger partial charge on any atom is -0.480 e. The van der Waals surface area contributed by atoms with Crippen molar-refractivity contribution in [2.24, 2.45) is 5.73 Å². The molecule has 0 fully saturated rings. The third-order valence-electron chi connectivity index (χ3n) is 8.41. The number of carboxylic acids is 1. The number of rotatable bonds is 37. The molecule has 11 nitrogen and oxygen atoms in total. The van der Waals surface area contributed by atoms with Crippen LogP contribution in [-0.4, -0.2) is 59.9 Å². The molecular formula is C42H72NO10P. The summed E-state index contributed by atoms with van der Waals surface area (Å²) in [7, 11) is -4.73. The Hall–Kier alpha value is -2.82. The lowest BCUT2D eigenvalue weighted by Gasteiger charge is -2.20. The highest BCUT2D eigenvalue weighted by Gasteiger charge is 2.28. The number of hydrogen-bond acceptors (Lipinski definition) is 9. The zero-order valence-corrected chi connectivity index (χ0v) is 34.2. The van der Waals surface area contributed by atoms with Gasteiger partial charge in [-0.15, -0.1) is 0 Å². The summed E-state index contributed by atoms with van der Waals surface area (Å²) in [6.07, 6.45) is 41.6. The van der Waals surface area contributed by atoms with Gasteiger partial charge in [0.2, 0.25) is 0 Å². The molecule has 0 aromatic rings. The van der Waals surface area contributed by atoms with Crippen molar-refractivity contribution in [1.29, 1.82) is 0 Å². The molecule has 0 bridgehead atoms. The maximum Gasteiger partial charge on any atom is 0.472 e. The molecule has 0 aliphatic rings. The van der Waals surface area contributed by atoms with Crippen molar-refractivity contribution >= 4 is 25.7 Å². The van der Waals surface area contributed by atoms with E-state index in [2.05, 4.69) is 24.4 Å². The molecule has 2 unspecified atom stereocenters. The molecular weight excluding hydrogens is 709 g/mol. The van der Waals surface area contributed by atoms with Crippen molar-refractivity contribution in [3.05, 3.63) is 60.8 Å². The largest absolute Gasteiger partial charge is 0.480 e. The fraction of sp³-hybridized carbons (Fsp3) is 0.690. The number of carbonyl (C=O) groups excluding carboxylic acids is 2. The van der Waals surface area contributed by atoms with Crippen LogP contribution in [0.15, 0.2) is 60.8 Å². The van der Waals surface area contributed by atoms with E-state index in [-0.39, 0.29) is 19.4 Å². The first kappa shape index (κ1) is 51.2. The Morgan fingerprint density at radius 2 is 1.04 bits per heavy atom. The van der Waals surface area contributed by atoms with E-state index >= 15 is 0 Å². The fourth-order valence-electron chi connectivity index (χ4n) is 5.21. The number of ether oxygens (including phenoxy) is 2. The van der Waals surface area contributed by atoms with Crippen LogP contribution in [-0.2, 0) is 37.5 Å². The van der Waals surface area contributed by atoms with Gasteiger partial charge in [0.1, 0.15) is 12.6 Å². The second kappa shape index (κ2) is 37.1. The average molecular weight is 782 g/mol. The Bertz CT molecular complexity index is 1150. The minimum absolute atomic E-state index is 0.0640. The molecule has 0 aromatic carbocycles. The van der Waals surface area contributed by atoms with E-state index in [1.165, 1.54) is 83.5 Å². The Balaban J connectivity index is 4.46. The summed E-state index contributed by atoms with van der Waals surface area (Å²) >= 11 is 0. The Morgan fingerprint density at radius 3 is 1.54 bits per heavy atom. The van der Waals surface area contributed by atoms with Crippen LogP contribution in [0.25, 0.3) is 0 Å². The van der Waals surface area contributed by atoms with Crippen molar-refractivity contribution in [2.45, 2.75) is 167 Å². The lowest BCUT2D eigenvalue weighted by molar-refractivity contribution is -0.161. The predicted octanol–water partition coefficient (Wildman–Crippen LogP) is 10.4. The first-order chi connectivity index (χ1) is 26.1. The number of nitrogens with two attached hydrogens (primary N) is 1. The highest BCUT2D eigenvalue weighted by Crippen LogP contribution is 2.43. The first-order valence-electron chi connectivity index (χ1n) is 20.4. The van der Waals surface area contributed by atoms with Crippen LogP contribution >= 0.6 is 7.82 Å². The highest BCUT2D eigenvalue weighted by molar-refractivity contribution is 7.47. The van der Waals surface area contributed by atoms with E-state index in [1.54, 1.807) is 0 Å². The topological polar surface area (TPSA) is 172 Å². The zero-order chi connectivity index (χ0) is 40.0. The smallest absolute Gasteiger partial charge is 0.472 e. The normalized spacial score (nSPS) is 14.4. The molecule has 0 rings (SSSR count). The highest BCUT2D eigenvalue weighted by atomic mass is 31.2. The van der Waals surface area contributed by atoms with Crippen molar-refractivity contribution in [2.75, 3.05) is 19.8 Å². The van der Waals surface area contributed by atoms with Gasteiger partial charge in [0.25, 0.3) is 0 Å². The molecule has 0 radical (unpaired) electrons. The van der Waals surface area contributed by atoms with Crippen molar-refractivity contribution in [1.82, 2.24) is 0 Å². The van der Waals surface area contributed by atoms with Crippen LogP contribution in [0.5, 0.6) is 0 Å². The lowest BCUT2D eigenvalue weighted by Crippen LogP contribution is -2.34. The van der Waals surface area contributed by atoms with Gasteiger partial charge in [0.15, 0.2) is 6.10 Å². The molecule has 4 N–H and O–H groups in total. The second-order valence-corrected chi connectivity index (χ2v) is 15.0. The molecule has 0 aliphatic heterocycles.